The van der Waals surface area contributed by atoms with Gasteiger partial charge in [0.1, 0.15) is 0 Å². The Hall–Kier alpha value is -2.36. The maximum Gasteiger partial charge on any atom is 0.416 e. The van der Waals surface area contributed by atoms with Crippen LogP contribution >= 0.6 is 31.9 Å². The molecule has 1 heterocycles. The van der Waals surface area contributed by atoms with E-state index in [1.165, 1.54) is 21.9 Å². The van der Waals surface area contributed by atoms with Gasteiger partial charge in [0.25, 0.3) is 0 Å². The topological polar surface area (TPSA) is 43.8 Å². The molecule has 1 fully saturated rings. The zero-order valence-corrected chi connectivity index (χ0v) is 21.2. The van der Waals surface area contributed by atoms with Crippen molar-refractivity contribution in [3.05, 3.63) is 92.9 Å². The van der Waals surface area contributed by atoms with Crippen molar-refractivity contribution < 1.29 is 23.1 Å². The fraction of sp³-hybridized carbons (Fsp3) is 0.240. The third-order valence-corrected chi connectivity index (χ3v) is 6.94. The molecule has 0 aromatic heterocycles. The Balaban J connectivity index is 1.96. The monoisotopic (exact) mass is 596 g/mol. The van der Waals surface area contributed by atoms with E-state index in [-0.39, 0.29) is 5.56 Å². The minimum Gasteiger partial charge on any atom is -0.365 e. The van der Waals surface area contributed by atoms with Gasteiger partial charge in [-0.3, -0.25) is 9.80 Å². The Bertz CT molecular complexity index is 1190. The molecular weight excluding hydrogens is 577 g/mol. The number of anilines is 2. The molecule has 2 atom stereocenters. The predicted octanol–water partition coefficient (Wildman–Crippen LogP) is 7.69. The van der Waals surface area contributed by atoms with Gasteiger partial charge in [0, 0.05) is 25.9 Å². The first-order chi connectivity index (χ1) is 16.1. The summed E-state index contributed by atoms with van der Waals surface area (Å²) in [6.45, 7) is 1.90. The lowest BCUT2D eigenvalue weighted by Gasteiger charge is -2.37. The summed E-state index contributed by atoms with van der Waals surface area (Å²) in [6, 6.07) is 17.0. The van der Waals surface area contributed by atoms with Crippen LogP contribution in [-0.4, -0.2) is 17.2 Å². The molecule has 178 valence electrons. The van der Waals surface area contributed by atoms with Crippen molar-refractivity contribution in [1.29, 1.82) is 0 Å². The maximum absolute atomic E-state index is 13.9. The number of benzene rings is 3. The molecule has 2 amide bonds. The smallest absolute Gasteiger partial charge is 0.365 e. The van der Waals surface area contributed by atoms with E-state index in [9.17, 15) is 23.1 Å². The minimum absolute atomic E-state index is 0.00310. The van der Waals surface area contributed by atoms with Crippen LogP contribution in [0.2, 0.25) is 0 Å². The van der Waals surface area contributed by atoms with Gasteiger partial charge >= 0.3 is 12.2 Å². The molecule has 0 radical (unpaired) electrons. The summed E-state index contributed by atoms with van der Waals surface area (Å²) in [5, 5.41) is 12.3. The molecule has 0 bridgehead atoms. The number of nitrogens with zero attached hydrogens (tertiary/aromatic N) is 2. The van der Waals surface area contributed by atoms with Crippen molar-refractivity contribution in [2.24, 2.45) is 0 Å². The highest BCUT2D eigenvalue weighted by Crippen LogP contribution is 2.47. The summed E-state index contributed by atoms with van der Waals surface area (Å²) in [5.74, 6) is 0. The molecule has 3 aromatic rings. The van der Waals surface area contributed by atoms with Gasteiger partial charge in [-0.25, -0.2) is 4.79 Å². The lowest BCUT2D eigenvalue weighted by atomic mass is 9.89. The zero-order valence-electron chi connectivity index (χ0n) is 18.1. The van der Waals surface area contributed by atoms with Crippen molar-refractivity contribution in [3.8, 4) is 0 Å². The molecule has 1 N–H and O–H groups in total. The summed E-state index contributed by atoms with van der Waals surface area (Å²) < 4.78 is 42.3. The summed E-state index contributed by atoms with van der Waals surface area (Å²) >= 11 is 6.74. The van der Waals surface area contributed by atoms with Crippen molar-refractivity contribution in [3.63, 3.8) is 0 Å². The van der Waals surface area contributed by atoms with Gasteiger partial charge in [-0.15, -0.1) is 0 Å². The SMILES string of the molecule is CCC[C@@H]1N(c2ccc(Br)cc2)C(=O)N(c2ccc(Br)cc2)C1(O)c1cccc(C(F)(F)F)c1. The van der Waals surface area contributed by atoms with E-state index in [1.54, 1.807) is 48.5 Å². The highest BCUT2D eigenvalue weighted by atomic mass is 79.9. The molecule has 0 spiro atoms. The predicted molar refractivity (Wildman–Crippen MR) is 133 cm³/mol. The van der Waals surface area contributed by atoms with Gasteiger partial charge in [-0.2, -0.15) is 13.2 Å². The van der Waals surface area contributed by atoms with Crippen molar-refractivity contribution >= 4 is 49.3 Å². The average Bonchev–Trinajstić information content (AvgIpc) is 3.02. The van der Waals surface area contributed by atoms with E-state index in [2.05, 4.69) is 31.9 Å². The van der Waals surface area contributed by atoms with E-state index in [4.69, 9.17) is 0 Å². The summed E-state index contributed by atoms with van der Waals surface area (Å²) in [5.41, 5.74) is -2.03. The normalized spacial score (nSPS) is 20.8. The maximum atomic E-state index is 13.9. The van der Waals surface area contributed by atoms with Crippen LogP contribution < -0.4 is 9.80 Å². The summed E-state index contributed by atoms with van der Waals surface area (Å²) in [6.07, 6.45) is -3.63. The Morgan fingerprint density at radius 1 is 0.941 bits per heavy atom. The lowest BCUT2D eigenvalue weighted by molar-refractivity contribution is -0.137. The number of hydrogen-bond donors (Lipinski definition) is 1. The number of alkyl halides is 3. The molecule has 1 aliphatic rings. The highest BCUT2D eigenvalue weighted by molar-refractivity contribution is 9.10. The van der Waals surface area contributed by atoms with Crippen LogP contribution in [0, 0.1) is 0 Å². The average molecular weight is 598 g/mol. The van der Waals surface area contributed by atoms with Crippen LogP contribution in [0.4, 0.5) is 29.3 Å². The molecule has 9 heteroatoms. The molecule has 1 saturated heterocycles. The fourth-order valence-electron chi connectivity index (χ4n) is 4.36. The minimum atomic E-state index is -4.59. The van der Waals surface area contributed by atoms with Crippen LogP contribution in [0.15, 0.2) is 81.7 Å². The number of hydrogen-bond acceptors (Lipinski definition) is 2. The number of halogens is 5. The van der Waals surface area contributed by atoms with Crippen molar-refractivity contribution in [2.75, 3.05) is 9.80 Å². The van der Waals surface area contributed by atoms with Gasteiger partial charge in [0.15, 0.2) is 5.72 Å². The number of carbonyl (C=O) groups is 1. The summed E-state index contributed by atoms with van der Waals surface area (Å²) in [7, 11) is 0. The number of urea groups is 1. The lowest BCUT2D eigenvalue weighted by Crippen LogP contribution is -2.49. The molecule has 34 heavy (non-hydrogen) atoms. The van der Waals surface area contributed by atoms with Gasteiger partial charge in [-0.05, 0) is 67.1 Å². The number of rotatable bonds is 5. The van der Waals surface area contributed by atoms with Gasteiger partial charge in [-0.1, -0.05) is 57.3 Å². The van der Waals surface area contributed by atoms with Crippen LogP contribution in [-0.2, 0) is 11.9 Å². The Morgan fingerprint density at radius 3 is 2.03 bits per heavy atom. The van der Waals surface area contributed by atoms with E-state index < -0.39 is 29.5 Å². The molecule has 0 saturated carbocycles. The van der Waals surface area contributed by atoms with E-state index in [0.29, 0.717) is 24.2 Å². The van der Waals surface area contributed by atoms with E-state index in [0.717, 1.165) is 21.1 Å². The second-order valence-corrected chi connectivity index (χ2v) is 9.88. The summed E-state index contributed by atoms with van der Waals surface area (Å²) in [4.78, 5) is 16.5. The molecule has 4 rings (SSSR count). The van der Waals surface area contributed by atoms with Crippen LogP contribution in [0.1, 0.15) is 30.9 Å². The largest absolute Gasteiger partial charge is 0.416 e. The van der Waals surface area contributed by atoms with Crippen molar-refractivity contribution in [2.45, 2.75) is 37.7 Å². The van der Waals surface area contributed by atoms with Crippen molar-refractivity contribution in [1.82, 2.24) is 0 Å². The van der Waals surface area contributed by atoms with E-state index in [1.807, 2.05) is 6.92 Å². The van der Waals surface area contributed by atoms with E-state index >= 15 is 0 Å². The molecule has 3 aromatic carbocycles. The van der Waals surface area contributed by atoms with Crippen LogP contribution in [0.3, 0.4) is 0 Å². The molecule has 4 nitrogen and oxygen atoms in total. The first kappa shape index (κ1) is 24.8. The molecule has 0 aliphatic carbocycles. The Kier molecular flexibility index (Phi) is 6.81. The van der Waals surface area contributed by atoms with Gasteiger partial charge < -0.3 is 5.11 Å². The van der Waals surface area contributed by atoms with Gasteiger partial charge in [0.05, 0.1) is 11.6 Å². The third-order valence-electron chi connectivity index (χ3n) is 5.88. The Morgan fingerprint density at radius 2 is 1.50 bits per heavy atom. The first-order valence-corrected chi connectivity index (χ1v) is 12.2. The quantitative estimate of drug-likeness (QED) is 0.328. The van der Waals surface area contributed by atoms with Crippen LogP contribution in [0.5, 0.6) is 0 Å². The number of aliphatic hydroxyl groups is 1. The fourth-order valence-corrected chi connectivity index (χ4v) is 4.88. The second-order valence-electron chi connectivity index (χ2n) is 8.05. The first-order valence-electron chi connectivity index (χ1n) is 10.6. The zero-order chi connectivity index (χ0) is 24.7. The second kappa shape index (κ2) is 9.36. The number of carbonyl (C=O) groups excluding carboxylic acids is 1. The molecule has 1 unspecified atom stereocenters. The van der Waals surface area contributed by atoms with Crippen LogP contribution in [0.25, 0.3) is 0 Å². The third kappa shape index (κ3) is 4.36. The highest BCUT2D eigenvalue weighted by Gasteiger charge is 2.58. The molecule has 1 aliphatic heterocycles. The number of amides is 2. The standard InChI is InChI=1S/C25H21Br2F3N2O2/c1-2-4-22-24(34,16-5-3-6-17(15-16)25(28,29)30)32(21-13-9-19(27)10-14-21)23(33)31(22)20-11-7-18(26)8-12-20/h3,5-15,22,34H,2,4H2,1H3/t22-,24?/m0/s1. The molecular formula is C25H21Br2F3N2O2. The van der Waals surface area contributed by atoms with Gasteiger partial charge in [0.2, 0.25) is 0 Å². The Labute approximate surface area is 212 Å².